The van der Waals surface area contributed by atoms with Crippen LogP contribution in [0.25, 0.3) is 0 Å². The molecule has 2 rings (SSSR count). The van der Waals surface area contributed by atoms with Crippen molar-refractivity contribution in [2.45, 2.75) is 64.6 Å². The highest BCUT2D eigenvalue weighted by atomic mass is 32.1. The van der Waals surface area contributed by atoms with Crippen molar-refractivity contribution in [1.82, 2.24) is 10.6 Å². The SMILES string of the molecule is CCNC(=NCc1ccc(CC)s1)NC1CCC(O)CC1. The lowest BCUT2D eigenvalue weighted by Crippen LogP contribution is -2.45. The van der Waals surface area contributed by atoms with Gasteiger partial charge in [0.1, 0.15) is 0 Å². The van der Waals surface area contributed by atoms with Crippen molar-refractivity contribution in [3.05, 3.63) is 21.9 Å². The Labute approximate surface area is 131 Å². The standard InChI is InChI=1S/C16H27N3OS/c1-3-14-9-10-15(21-14)11-18-16(17-4-2)19-12-5-7-13(20)8-6-12/h9-10,12-13,20H,3-8,11H2,1-2H3,(H2,17,18,19). The monoisotopic (exact) mass is 309 g/mol. The summed E-state index contributed by atoms with van der Waals surface area (Å²) in [4.78, 5) is 7.41. The van der Waals surface area contributed by atoms with Crippen LogP contribution in [0, 0.1) is 0 Å². The maximum absolute atomic E-state index is 9.57. The minimum atomic E-state index is -0.110. The van der Waals surface area contributed by atoms with Crippen molar-refractivity contribution in [2.24, 2.45) is 4.99 Å². The molecule has 4 nitrogen and oxygen atoms in total. The first kappa shape index (κ1) is 16.3. The summed E-state index contributed by atoms with van der Waals surface area (Å²) in [5.74, 6) is 0.894. The molecule has 1 aliphatic carbocycles. The van der Waals surface area contributed by atoms with E-state index >= 15 is 0 Å². The molecule has 0 unspecified atom stereocenters. The zero-order valence-electron chi connectivity index (χ0n) is 13.1. The zero-order valence-corrected chi connectivity index (χ0v) is 13.9. The molecule has 0 atom stereocenters. The van der Waals surface area contributed by atoms with Crippen LogP contribution in [0.5, 0.6) is 0 Å². The van der Waals surface area contributed by atoms with Crippen molar-refractivity contribution in [3.8, 4) is 0 Å². The van der Waals surface area contributed by atoms with Crippen molar-refractivity contribution in [2.75, 3.05) is 6.54 Å². The van der Waals surface area contributed by atoms with Crippen LogP contribution in [0.3, 0.4) is 0 Å². The number of guanidine groups is 1. The van der Waals surface area contributed by atoms with Crippen LogP contribution in [0.2, 0.25) is 0 Å². The molecule has 21 heavy (non-hydrogen) atoms. The second-order valence-corrected chi connectivity index (χ2v) is 6.82. The molecule has 118 valence electrons. The summed E-state index contributed by atoms with van der Waals surface area (Å²) in [5, 5.41) is 16.4. The van der Waals surface area contributed by atoms with Crippen LogP contribution in [0.4, 0.5) is 0 Å². The zero-order chi connectivity index (χ0) is 15.1. The quantitative estimate of drug-likeness (QED) is 0.579. The number of nitrogens with one attached hydrogen (secondary N) is 2. The van der Waals surface area contributed by atoms with Gasteiger partial charge in [-0.15, -0.1) is 11.3 Å². The molecule has 0 radical (unpaired) electrons. The van der Waals surface area contributed by atoms with Crippen molar-refractivity contribution >= 4 is 17.3 Å². The van der Waals surface area contributed by atoms with E-state index in [4.69, 9.17) is 0 Å². The van der Waals surface area contributed by atoms with Gasteiger partial charge in [-0.05, 0) is 51.2 Å². The highest BCUT2D eigenvalue weighted by Crippen LogP contribution is 2.19. The van der Waals surface area contributed by atoms with E-state index in [1.807, 2.05) is 11.3 Å². The smallest absolute Gasteiger partial charge is 0.191 e. The predicted octanol–water partition coefficient (Wildman–Crippen LogP) is 2.67. The first-order chi connectivity index (χ1) is 10.2. The number of aryl methyl sites for hydroxylation is 1. The maximum atomic E-state index is 9.57. The Balaban J connectivity index is 1.89. The Morgan fingerprint density at radius 2 is 1.95 bits per heavy atom. The van der Waals surface area contributed by atoms with E-state index in [0.29, 0.717) is 6.04 Å². The second kappa shape index (κ2) is 8.39. The van der Waals surface area contributed by atoms with E-state index in [1.54, 1.807) is 0 Å². The van der Waals surface area contributed by atoms with E-state index in [9.17, 15) is 5.11 Å². The lowest BCUT2D eigenvalue weighted by Gasteiger charge is -2.27. The normalized spacial score (nSPS) is 23.1. The van der Waals surface area contributed by atoms with Gasteiger partial charge in [-0.1, -0.05) is 6.92 Å². The number of nitrogens with zero attached hydrogens (tertiary/aromatic N) is 1. The molecule has 5 heteroatoms. The Hall–Kier alpha value is -1.07. The van der Waals surface area contributed by atoms with Crippen LogP contribution < -0.4 is 10.6 Å². The Morgan fingerprint density at radius 1 is 1.24 bits per heavy atom. The van der Waals surface area contributed by atoms with Crippen molar-refractivity contribution < 1.29 is 5.11 Å². The molecule has 0 spiro atoms. The number of hydrogen-bond acceptors (Lipinski definition) is 3. The second-order valence-electron chi connectivity index (χ2n) is 5.57. The third-order valence-electron chi connectivity index (χ3n) is 3.84. The molecule has 1 aromatic heterocycles. The number of aliphatic hydroxyl groups is 1. The maximum Gasteiger partial charge on any atom is 0.191 e. The summed E-state index contributed by atoms with van der Waals surface area (Å²) in [6.45, 7) is 5.87. The molecular formula is C16H27N3OS. The van der Waals surface area contributed by atoms with Crippen molar-refractivity contribution in [3.63, 3.8) is 0 Å². The summed E-state index contributed by atoms with van der Waals surface area (Å²) in [6, 6.07) is 4.80. The fourth-order valence-electron chi connectivity index (χ4n) is 2.59. The molecule has 0 bridgehead atoms. The van der Waals surface area contributed by atoms with Crippen LogP contribution in [0.1, 0.15) is 49.3 Å². The largest absolute Gasteiger partial charge is 0.393 e. The summed E-state index contributed by atoms with van der Waals surface area (Å²) in [5.41, 5.74) is 0. The van der Waals surface area contributed by atoms with Gasteiger partial charge < -0.3 is 15.7 Å². The van der Waals surface area contributed by atoms with Gasteiger partial charge in [0.05, 0.1) is 12.6 Å². The van der Waals surface area contributed by atoms with Gasteiger partial charge in [0.15, 0.2) is 5.96 Å². The van der Waals surface area contributed by atoms with Crippen LogP contribution in [-0.4, -0.2) is 29.8 Å². The van der Waals surface area contributed by atoms with Crippen LogP contribution >= 0.6 is 11.3 Å². The predicted molar refractivity (Wildman–Crippen MR) is 89.9 cm³/mol. The third-order valence-corrected chi connectivity index (χ3v) is 5.05. The van der Waals surface area contributed by atoms with Gasteiger partial charge >= 0.3 is 0 Å². The van der Waals surface area contributed by atoms with E-state index in [1.165, 1.54) is 9.75 Å². The Morgan fingerprint density at radius 3 is 2.57 bits per heavy atom. The van der Waals surface area contributed by atoms with Gasteiger partial charge in [-0.25, -0.2) is 4.99 Å². The summed E-state index contributed by atoms with van der Waals surface area (Å²) < 4.78 is 0. The molecule has 3 N–H and O–H groups in total. The summed E-state index contributed by atoms with van der Waals surface area (Å²) in [6.07, 6.45) is 4.80. The molecule has 0 aliphatic heterocycles. The van der Waals surface area contributed by atoms with E-state index in [0.717, 1.165) is 51.2 Å². The first-order valence-electron chi connectivity index (χ1n) is 8.01. The molecule has 0 amide bonds. The van der Waals surface area contributed by atoms with Gasteiger partial charge in [-0.3, -0.25) is 0 Å². The van der Waals surface area contributed by atoms with E-state index in [2.05, 4.69) is 41.6 Å². The Kier molecular flexibility index (Phi) is 6.51. The number of thiophene rings is 1. The molecule has 1 fully saturated rings. The number of rotatable bonds is 5. The average Bonchev–Trinajstić information content (AvgIpc) is 2.95. The third kappa shape index (κ3) is 5.32. The molecule has 0 saturated heterocycles. The van der Waals surface area contributed by atoms with Gasteiger partial charge in [0, 0.05) is 22.3 Å². The fourth-order valence-corrected chi connectivity index (χ4v) is 3.47. The van der Waals surface area contributed by atoms with Gasteiger partial charge in [-0.2, -0.15) is 0 Å². The van der Waals surface area contributed by atoms with Crippen molar-refractivity contribution in [1.29, 1.82) is 0 Å². The fraction of sp³-hybridized carbons (Fsp3) is 0.688. The van der Waals surface area contributed by atoms with E-state index in [-0.39, 0.29) is 6.10 Å². The molecule has 1 aromatic rings. The summed E-state index contributed by atoms with van der Waals surface area (Å²) >= 11 is 1.84. The highest BCUT2D eigenvalue weighted by molar-refractivity contribution is 7.11. The molecule has 1 aliphatic rings. The first-order valence-corrected chi connectivity index (χ1v) is 8.83. The molecular weight excluding hydrogens is 282 g/mol. The minimum Gasteiger partial charge on any atom is -0.393 e. The highest BCUT2D eigenvalue weighted by Gasteiger charge is 2.19. The topological polar surface area (TPSA) is 56.7 Å². The molecule has 1 heterocycles. The molecule has 0 aromatic carbocycles. The number of hydrogen-bond donors (Lipinski definition) is 3. The Bertz CT molecular complexity index is 450. The lowest BCUT2D eigenvalue weighted by atomic mass is 9.93. The number of aliphatic imine (C=N–C) groups is 1. The van der Waals surface area contributed by atoms with Crippen LogP contribution in [-0.2, 0) is 13.0 Å². The summed E-state index contributed by atoms with van der Waals surface area (Å²) in [7, 11) is 0. The minimum absolute atomic E-state index is 0.110. The lowest BCUT2D eigenvalue weighted by molar-refractivity contribution is 0.120. The van der Waals surface area contributed by atoms with Gasteiger partial charge in [0.25, 0.3) is 0 Å². The van der Waals surface area contributed by atoms with Crippen LogP contribution in [0.15, 0.2) is 17.1 Å². The molecule has 1 saturated carbocycles. The van der Waals surface area contributed by atoms with E-state index < -0.39 is 0 Å². The van der Waals surface area contributed by atoms with Gasteiger partial charge in [0.2, 0.25) is 0 Å². The average molecular weight is 309 g/mol. The number of aliphatic hydroxyl groups excluding tert-OH is 1.